The maximum atomic E-state index is 13.3. The number of aryl methyl sites for hydroxylation is 1. The Kier molecular flexibility index (Phi) is 7.03. The van der Waals surface area contributed by atoms with Crippen LogP contribution in [0.2, 0.25) is 0 Å². The minimum atomic E-state index is -0.596. The fourth-order valence-corrected chi connectivity index (χ4v) is 6.76. The van der Waals surface area contributed by atoms with E-state index in [1.165, 1.54) is 22.3 Å². The molecule has 3 nitrogen and oxygen atoms in total. The normalized spacial score (nSPS) is 27.9. The maximum absolute atomic E-state index is 13.3. The van der Waals surface area contributed by atoms with Gasteiger partial charge in [0.2, 0.25) is 0 Å². The largest absolute Gasteiger partial charge is 0.390 e. The molecule has 0 aromatic heterocycles. The molecule has 1 fully saturated rings. The molecule has 1 amide bonds. The summed E-state index contributed by atoms with van der Waals surface area (Å²) in [4.78, 5) is 13.3. The Labute approximate surface area is 216 Å². The second-order valence-corrected chi connectivity index (χ2v) is 11.5. The highest BCUT2D eigenvalue weighted by Crippen LogP contribution is 2.53. The lowest BCUT2D eigenvalue weighted by Crippen LogP contribution is -2.47. The molecule has 3 aliphatic carbocycles. The number of benzene rings is 2. The lowest BCUT2D eigenvalue weighted by Gasteiger charge is -2.49. The molecule has 3 atom stereocenters. The van der Waals surface area contributed by atoms with Crippen LogP contribution < -0.4 is 5.32 Å². The van der Waals surface area contributed by atoms with Gasteiger partial charge in [-0.05, 0) is 118 Å². The average molecular weight is 482 g/mol. The zero-order valence-electron chi connectivity index (χ0n) is 21.7. The highest BCUT2D eigenvalue weighted by Gasteiger charge is 2.49. The van der Waals surface area contributed by atoms with Crippen molar-refractivity contribution in [2.24, 2.45) is 5.92 Å². The second kappa shape index (κ2) is 10.2. The van der Waals surface area contributed by atoms with Crippen LogP contribution in [0.3, 0.4) is 0 Å². The van der Waals surface area contributed by atoms with Crippen LogP contribution in [0, 0.1) is 5.92 Å². The quantitative estimate of drug-likeness (QED) is 0.496. The van der Waals surface area contributed by atoms with E-state index in [-0.39, 0.29) is 11.3 Å². The number of carbonyl (C=O) groups excluding carboxylic acids is 1. The molecule has 3 aliphatic rings. The monoisotopic (exact) mass is 481 g/mol. The van der Waals surface area contributed by atoms with E-state index in [2.05, 4.69) is 60.8 Å². The molecule has 188 valence electrons. The number of nitrogens with one attached hydrogen (secondary N) is 1. The van der Waals surface area contributed by atoms with Gasteiger partial charge in [0.05, 0.1) is 5.60 Å². The predicted molar refractivity (Wildman–Crippen MR) is 147 cm³/mol. The van der Waals surface area contributed by atoms with E-state index in [0.717, 1.165) is 69.0 Å². The molecular weight excluding hydrogens is 442 g/mol. The first-order valence-corrected chi connectivity index (χ1v) is 13.6. The third-order valence-corrected chi connectivity index (χ3v) is 8.75. The van der Waals surface area contributed by atoms with Gasteiger partial charge in [-0.25, -0.2) is 0 Å². The molecule has 2 aromatic carbocycles. The molecule has 3 unspecified atom stereocenters. The van der Waals surface area contributed by atoms with Gasteiger partial charge >= 0.3 is 0 Å². The van der Waals surface area contributed by atoms with Crippen molar-refractivity contribution in [3.8, 4) is 0 Å². The predicted octanol–water partition coefficient (Wildman–Crippen LogP) is 6.96. The van der Waals surface area contributed by atoms with Gasteiger partial charge < -0.3 is 10.4 Å². The van der Waals surface area contributed by atoms with Crippen LogP contribution >= 0.6 is 0 Å². The Balaban J connectivity index is 1.49. The van der Waals surface area contributed by atoms with Gasteiger partial charge in [-0.1, -0.05) is 54.6 Å². The van der Waals surface area contributed by atoms with Crippen molar-refractivity contribution >= 4 is 5.91 Å². The molecule has 2 N–H and O–H groups in total. The van der Waals surface area contributed by atoms with Crippen LogP contribution in [-0.2, 0) is 18.3 Å². The zero-order valence-corrected chi connectivity index (χ0v) is 21.7. The van der Waals surface area contributed by atoms with Crippen molar-refractivity contribution in [2.75, 3.05) is 0 Å². The minimum Gasteiger partial charge on any atom is -0.390 e. The number of fused-ring (bicyclic) bond motifs is 3. The summed E-state index contributed by atoms with van der Waals surface area (Å²) in [6.07, 6.45) is 17.0. The number of carbonyl (C=O) groups is 1. The highest BCUT2D eigenvalue weighted by atomic mass is 16.3. The number of hydrogen-bond acceptors (Lipinski definition) is 2. The van der Waals surface area contributed by atoms with Crippen LogP contribution in [0.25, 0.3) is 0 Å². The number of rotatable bonds is 4. The summed E-state index contributed by atoms with van der Waals surface area (Å²) >= 11 is 0. The fourth-order valence-electron chi connectivity index (χ4n) is 6.76. The van der Waals surface area contributed by atoms with Crippen LogP contribution in [-0.4, -0.2) is 16.6 Å². The van der Waals surface area contributed by atoms with E-state index in [1.54, 1.807) is 0 Å². The van der Waals surface area contributed by atoms with Gasteiger partial charge in [0.25, 0.3) is 5.91 Å². The van der Waals surface area contributed by atoms with Crippen LogP contribution in [0.15, 0.2) is 84.1 Å². The van der Waals surface area contributed by atoms with Crippen LogP contribution in [0.1, 0.15) is 85.8 Å². The molecule has 3 heteroatoms. The maximum Gasteiger partial charge on any atom is 0.255 e. The number of amides is 1. The fraction of sp³-hybridized carbons (Fsp3) is 0.424. The molecule has 36 heavy (non-hydrogen) atoms. The Morgan fingerprint density at radius 2 is 1.92 bits per heavy atom. The lowest BCUT2D eigenvalue weighted by atomic mass is 9.56. The van der Waals surface area contributed by atoms with Gasteiger partial charge in [-0.15, -0.1) is 0 Å². The van der Waals surface area contributed by atoms with E-state index in [4.69, 9.17) is 0 Å². The molecule has 2 aromatic rings. The van der Waals surface area contributed by atoms with E-state index in [1.807, 2.05) is 31.2 Å². The van der Waals surface area contributed by atoms with Crippen molar-refractivity contribution in [1.29, 1.82) is 0 Å². The molecule has 1 saturated carbocycles. The minimum absolute atomic E-state index is 0.00183. The van der Waals surface area contributed by atoms with Crippen molar-refractivity contribution in [3.05, 3.63) is 106 Å². The summed E-state index contributed by atoms with van der Waals surface area (Å²) in [5.74, 6) is 0.397. The lowest BCUT2D eigenvalue weighted by molar-refractivity contribution is -0.0330. The summed E-state index contributed by atoms with van der Waals surface area (Å²) in [5.41, 5.74) is 6.31. The summed E-state index contributed by atoms with van der Waals surface area (Å²) in [5, 5.41) is 14.2. The smallest absolute Gasteiger partial charge is 0.255 e. The highest BCUT2D eigenvalue weighted by molar-refractivity contribution is 5.96. The first-order valence-electron chi connectivity index (χ1n) is 13.6. The third kappa shape index (κ3) is 5.13. The Morgan fingerprint density at radius 1 is 1.08 bits per heavy atom. The standard InChI is InChI=1S/C33H39NO2/c1-24-11-6-3-4-9-16-30(24)34-31(35)27-17-18-29-26(21-27)14-10-15-28-23-32(2,36)19-20-33(28,29)22-25-12-7-5-8-13-25/h3-5,7-9,12-13,16-18,21,28,36H,6,10-11,14-15,19-20,22-23H2,1-2H3,(H,34,35). The van der Waals surface area contributed by atoms with Gasteiger partial charge in [0, 0.05) is 16.7 Å². The third-order valence-electron chi connectivity index (χ3n) is 8.75. The van der Waals surface area contributed by atoms with Gasteiger partial charge in [0.1, 0.15) is 0 Å². The summed E-state index contributed by atoms with van der Waals surface area (Å²) in [6.45, 7) is 4.11. The topological polar surface area (TPSA) is 49.3 Å². The molecule has 0 saturated heterocycles. The summed E-state index contributed by atoms with van der Waals surface area (Å²) in [6, 6.07) is 17.2. The van der Waals surface area contributed by atoms with Crippen LogP contribution in [0.5, 0.6) is 0 Å². The van der Waals surface area contributed by atoms with Gasteiger partial charge in [-0.3, -0.25) is 4.79 Å². The molecule has 0 heterocycles. The molecule has 0 aliphatic heterocycles. The van der Waals surface area contributed by atoms with Crippen molar-refractivity contribution in [3.63, 3.8) is 0 Å². The number of allylic oxidation sites excluding steroid dienone is 5. The second-order valence-electron chi connectivity index (χ2n) is 11.5. The Hall–Kier alpha value is -2.91. The van der Waals surface area contributed by atoms with E-state index < -0.39 is 5.60 Å². The number of aliphatic hydroxyl groups is 1. The molecule has 0 spiro atoms. The van der Waals surface area contributed by atoms with Crippen molar-refractivity contribution in [2.45, 2.75) is 82.7 Å². The molecule has 5 rings (SSSR count). The molecular formula is C33H39NO2. The van der Waals surface area contributed by atoms with E-state index >= 15 is 0 Å². The van der Waals surface area contributed by atoms with Gasteiger partial charge in [0.15, 0.2) is 0 Å². The molecule has 0 bridgehead atoms. The summed E-state index contributed by atoms with van der Waals surface area (Å²) in [7, 11) is 0. The van der Waals surface area contributed by atoms with Crippen molar-refractivity contribution < 1.29 is 9.90 Å². The first kappa shape index (κ1) is 24.8. The van der Waals surface area contributed by atoms with Gasteiger partial charge in [-0.2, -0.15) is 0 Å². The number of hydrogen-bond donors (Lipinski definition) is 2. The summed E-state index contributed by atoms with van der Waals surface area (Å²) < 4.78 is 0. The Morgan fingerprint density at radius 3 is 2.75 bits per heavy atom. The average Bonchev–Trinajstić information content (AvgIpc) is 3.00. The zero-order chi connectivity index (χ0) is 25.2. The van der Waals surface area contributed by atoms with E-state index in [0.29, 0.717) is 5.92 Å². The SMILES string of the molecule is CC1=C(NC(=O)c2ccc3c(c2)CCCC2CC(C)(O)CCC32Cc2ccccc2)C=CC=CCC1. The first-order chi connectivity index (χ1) is 17.4. The molecule has 0 radical (unpaired) electrons. The van der Waals surface area contributed by atoms with Crippen molar-refractivity contribution in [1.82, 2.24) is 5.32 Å². The Bertz CT molecular complexity index is 1200. The van der Waals surface area contributed by atoms with E-state index in [9.17, 15) is 9.90 Å². The van der Waals surface area contributed by atoms with Crippen LogP contribution in [0.4, 0.5) is 0 Å².